The molecule has 146 valence electrons. The van der Waals surface area contributed by atoms with E-state index in [0.717, 1.165) is 17.4 Å². The molecule has 0 saturated carbocycles. The standard InChI is InChI=1S/C22H29NO4/c1-17(13-24)21(16-25-14-19-9-5-3-6-10-19)27-18(2)22(23)26-15-20-11-7-4-8-12-20/h3-13,17-18,21-22H,14-16,23H2,1-2H3/t17-,18?,21?,22?/m1/s1. The molecule has 3 unspecified atom stereocenters. The maximum atomic E-state index is 11.2. The second kappa shape index (κ2) is 11.6. The van der Waals surface area contributed by atoms with Crippen molar-refractivity contribution in [2.45, 2.75) is 45.5 Å². The highest BCUT2D eigenvalue weighted by Crippen LogP contribution is 2.13. The van der Waals surface area contributed by atoms with Crippen molar-refractivity contribution in [3.05, 3.63) is 71.8 Å². The fourth-order valence-corrected chi connectivity index (χ4v) is 2.53. The van der Waals surface area contributed by atoms with Gasteiger partial charge in [0.2, 0.25) is 0 Å². The van der Waals surface area contributed by atoms with Crippen molar-refractivity contribution in [2.24, 2.45) is 11.7 Å². The predicted molar refractivity (Wildman–Crippen MR) is 105 cm³/mol. The summed E-state index contributed by atoms with van der Waals surface area (Å²) in [5.41, 5.74) is 8.22. The fourth-order valence-electron chi connectivity index (χ4n) is 2.53. The third kappa shape index (κ3) is 7.61. The van der Waals surface area contributed by atoms with Crippen LogP contribution in [-0.2, 0) is 32.2 Å². The molecule has 0 amide bonds. The predicted octanol–water partition coefficient (Wildman–Crippen LogP) is 3.31. The number of hydrogen-bond acceptors (Lipinski definition) is 5. The van der Waals surface area contributed by atoms with Gasteiger partial charge in [-0.3, -0.25) is 0 Å². The summed E-state index contributed by atoms with van der Waals surface area (Å²) in [6.07, 6.45) is -0.478. The highest BCUT2D eigenvalue weighted by Gasteiger charge is 2.24. The van der Waals surface area contributed by atoms with Crippen molar-refractivity contribution in [3.8, 4) is 0 Å². The van der Waals surface area contributed by atoms with E-state index < -0.39 is 6.23 Å². The lowest BCUT2D eigenvalue weighted by atomic mass is 10.1. The van der Waals surface area contributed by atoms with Crippen LogP contribution in [0.1, 0.15) is 25.0 Å². The maximum absolute atomic E-state index is 11.2. The zero-order valence-corrected chi connectivity index (χ0v) is 16.0. The number of hydrogen-bond donors (Lipinski definition) is 1. The molecule has 0 aromatic heterocycles. The maximum Gasteiger partial charge on any atom is 0.132 e. The fraction of sp³-hybridized carbons (Fsp3) is 0.409. The van der Waals surface area contributed by atoms with Crippen molar-refractivity contribution in [2.75, 3.05) is 6.61 Å². The van der Waals surface area contributed by atoms with Crippen molar-refractivity contribution in [3.63, 3.8) is 0 Å². The van der Waals surface area contributed by atoms with Crippen LogP contribution in [0, 0.1) is 5.92 Å². The van der Waals surface area contributed by atoms with Gasteiger partial charge in [-0.1, -0.05) is 67.6 Å². The van der Waals surface area contributed by atoms with E-state index in [0.29, 0.717) is 19.8 Å². The number of rotatable bonds is 12. The number of ether oxygens (including phenoxy) is 3. The molecule has 0 bridgehead atoms. The van der Waals surface area contributed by atoms with Gasteiger partial charge in [-0.05, 0) is 18.1 Å². The zero-order valence-electron chi connectivity index (χ0n) is 16.0. The van der Waals surface area contributed by atoms with Gasteiger partial charge in [0.05, 0.1) is 32.0 Å². The molecule has 2 aromatic rings. The van der Waals surface area contributed by atoms with Gasteiger partial charge < -0.3 is 24.7 Å². The monoisotopic (exact) mass is 371 g/mol. The van der Waals surface area contributed by atoms with Crippen molar-refractivity contribution >= 4 is 6.29 Å². The molecule has 0 radical (unpaired) electrons. The number of carbonyl (C=O) groups is 1. The van der Waals surface area contributed by atoms with E-state index in [1.165, 1.54) is 0 Å². The molecule has 2 N–H and O–H groups in total. The molecule has 5 heteroatoms. The normalized spacial score (nSPS) is 15.7. The highest BCUT2D eigenvalue weighted by molar-refractivity contribution is 5.53. The van der Waals surface area contributed by atoms with Gasteiger partial charge in [0, 0.05) is 5.92 Å². The summed E-state index contributed by atoms with van der Waals surface area (Å²) in [7, 11) is 0. The Kier molecular flexibility index (Phi) is 9.15. The number of nitrogens with two attached hydrogens (primary N) is 1. The summed E-state index contributed by atoms with van der Waals surface area (Å²) in [6.45, 7) is 4.85. The van der Waals surface area contributed by atoms with Crippen LogP contribution in [0.4, 0.5) is 0 Å². The van der Waals surface area contributed by atoms with Crippen LogP contribution < -0.4 is 5.73 Å². The molecule has 0 heterocycles. The first kappa shape index (κ1) is 21.3. The Hall–Kier alpha value is -2.05. The number of carbonyl (C=O) groups excluding carboxylic acids is 1. The van der Waals surface area contributed by atoms with Crippen LogP contribution in [0.25, 0.3) is 0 Å². The molecule has 5 nitrogen and oxygen atoms in total. The number of benzene rings is 2. The molecular formula is C22H29NO4. The average molecular weight is 371 g/mol. The van der Waals surface area contributed by atoms with Gasteiger partial charge in [-0.2, -0.15) is 0 Å². The first-order valence-corrected chi connectivity index (χ1v) is 9.23. The lowest BCUT2D eigenvalue weighted by Gasteiger charge is -2.28. The molecule has 0 aliphatic carbocycles. The molecule has 0 saturated heterocycles. The number of aldehydes is 1. The second-order valence-corrected chi connectivity index (χ2v) is 6.64. The summed E-state index contributed by atoms with van der Waals surface area (Å²) < 4.78 is 17.4. The van der Waals surface area contributed by atoms with Crippen LogP contribution in [0.5, 0.6) is 0 Å². The zero-order chi connectivity index (χ0) is 19.5. The van der Waals surface area contributed by atoms with E-state index in [2.05, 4.69) is 0 Å². The lowest BCUT2D eigenvalue weighted by molar-refractivity contribution is -0.139. The summed E-state index contributed by atoms with van der Waals surface area (Å²) in [4.78, 5) is 11.2. The Balaban J connectivity index is 1.81. The third-order valence-electron chi connectivity index (χ3n) is 4.33. The summed E-state index contributed by atoms with van der Waals surface area (Å²) in [5.74, 6) is -0.301. The first-order chi connectivity index (χ1) is 13.1. The summed E-state index contributed by atoms with van der Waals surface area (Å²) in [5, 5.41) is 0. The van der Waals surface area contributed by atoms with Gasteiger partial charge in [0.15, 0.2) is 0 Å². The summed E-state index contributed by atoms with van der Waals surface area (Å²) >= 11 is 0. The molecule has 27 heavy (non-hydrogen) atoms. The van der Waals surface area contributed by atoms with Crippen molar-refractivity contribution in [1.29, 1.82) is 0 Å². The highest BCUT2D eigenvalue weighted by atomic mass is 16.6. The molecular weight excluding hydrogens is 342 g/mol. The minimum Gasteiger partial charge on any atom is -0.374 e. The Bertz CT molecular complexity index is 650. The van der Waals surface area contributed by atoms with Crippen LogP contribution >= 0.6 is 0 Å². The largest absolute Gasteiger partial charge is 0.374 e. The van der Waals surface area contributed by atoms with E-state index in [1.807, 2.05) is 74.5 Å². The van der Waals surface area contributed by atoms with Crippen LogP contribution in [0.3, 0.4) is 0 Å². The van der Waals surface area contributed by atoms with Crippen LogP contribution in [0.2, 0.25) is 0 Å². The molecule has 0 aliphatic heterocycles. The second-order valence-electron chi connectivity index (χ2n) is 6.64. The third-order valence-corrected chi connectivity index (χ3v) is 4.33. The molecule has 2 aromatic carbocycles. The van der Waals surface area contributed by atoms with Crippen molar-refractivity contribution in [1.82, 2.24) is 0 Å². The van der Waals surface area contributed by atoms with E-state index in [1.54, 1.807) is 0 Å². The quantitative estimate of drug-likeness (QED) is 0.458. The van der Waals surface area contributed by atoms with Crippen LogP contribution in [-0.4, -0.2) is 31.3 Å². The van der Waals surface area contributed by atoms with Crippen molar-refractivity contribution < 1.29 is 19.0 Å². The Morgan fingerprint density at radius 3 is 2.04 bits per heavy atom. The minimum atomic E-state index is -0.597. The SMILES string of the molecule is CC(OC(COCc1ccccc1)[C@H](C)C=O)C(N)OCc1ccccc1. The van der Waals surface area contributed by atoms with E-state index in [-0.39, 0.29) is 18.1 Å². The van der Waals surface area contributed by atoms with Gasteiger partial charge >= 0.3 is 0 Å². The molecule has 2 rings (SSSR count). The first-order valence-electron chi connectivity index (χ1n) is 9.23. The van der Waals surface area contributed by atoms with Crippen LogP contribution in [0.15, 0.2) is 60.7 Å². The van der Waals surface area contributed by atoms with Gasteiger partial charge in [-0.25, -0.2) is 0 Å². The Morgan fingerprint density at radius 1 is 0.926 bits per heavy atom. The Morgan fingerprint density at radius 2 is 1.48 bits per heavy atom. The minimum absolute atomic E-state index is 0.301. The lowest BCUT2D eigenvalue weighted by Crippen LogP contribution is -2.42. The average Bonchev–Trinajstić information content (AvgIpc) is 2.72. The smallest absolute Gasteiger partial charge is 0.132 e. The Labute approximate surface area is 161 Å². The summed E-state index contributed by atoms with van der Waals surface area (Å²) in [6, 6.07) is 19.7. The molecule has 0 fully saturated rings. The molecule has 0 aliphatic rings. The molecule has 4 atom stereocenters. The van der Waals surface area contributed by atoms with Gasteiger partial charge in [0.25, 0.3) is 0 Å². The van der Waals surface area contributed by atoms with E-state index in [4.69, 9.17) is 19.9 Å². The molecule has 0 spiro atoms. The van der Waals surface area contributed by atoms with Gasteiger partial charge in [-0.15, -0.1) is 0 Å². The van der Waals surface area contributed by atoms with Gasteiger partial charge in [0.1, 0.15) is 12.5 Å². The van der Waals surface area contributed by atoms with E-state index in [9.17, 15) is 4.79 Å². The topological polar surface area (TPSA) is 70.8 Å². The van der Waals surface area contributed by atoms with E-state index >= 15 is 0 Å².